The number of hydrogen-bond donors (Lipinski definition) is 2. The molecule has 0 saturated carbocycles. The molecule has 6 heteroatoms. The molecule has 112 valence electrons. The summed E-state index contributed by atoms with van der Waals surface area (Å²) in [6.45, 7) is 3.03. The van der Waals surface area contributed by atoms with E-state index in [9.17, 15) is 9.90 Å². The molecule has 0 spiro atoms. The highest BCUT2D eigenvalue weighted by Gasteiger charge is 2.31. The van der Waals surface area contributed by atoms with E-state index in [4.69, 9.17) is 17.3 Å². The summed E-state index contributed by atoms with van der Waals surface area (Å²) in [6.07, 6.45) is 0.446. The molecular weight excluding hydrogens is 308 g/mol. The van der Waals surface area contributed by atoms with Gasteiger partial charge in [-0.1, -0.05) is 11.6 Å². The third-order valence-corrected chi connectivity index (χ3v) is 5.47. The monoisotopic (exact) mass is 324 g/mol. The molecule has 4 nitrogen and oxygen atoms in total. The Morgan fingerprint density at radius 1 is 1.57 bits per heavy atom. The number of rotatable bonds is 2. The second-order valence-electron chi connectivity index (χ2n) is 5.53. The van der Waals surface area contributed by atoms with E-state index >= 15 is 0 Å². The number of thiophene rings is 1. The summed E-state index contributed by atoms with van der Waals surface area (Å²) < 4.78 is 0.926. The van der Waals surface area contributed by atoms with Crippen LogP contribution in [0.5, 0.6) is 0 Å². The van der Waals surface area contributed by atoms with E-state index in [2.05, 4.69) is 0 Å². The number of nitrogens with two attached hydrogens (primary N) is 1. The van der Waals surface area contributed by atoms with Crippen LogP contribution in [0.2, 0.25) is 5.02 Å². The number of fused-ring (bicyclic) bond motifs is 1. The van der Waals surface area contributed by atoms with Crippen molar-refractivity contribution in [3.8, 4) is 0 Å². The lowest BCUT2D eigenvalue weighted by Crippen LogP contribution is -2.30. The van der Waals surface area contributed by atoms with E-state index in [1.807, 2.05) is 12.1 Å². The molecule has 0 radical (unpaired) electrons. The van der Waals surface area contributed by atoms with Crippen molar-refractivity contribution in [2.24, 2.45) is 5.92 Å². The normalized spacial score (nSPS) is 20.1. The summed E-state index contributed by atoms with van der Waals surface area (Å²) in [5, 5.41) is 11.2. The number of nitrogens with zero attached hydrogens (tertiary/aromatic N) is 1. The molecule has 1 amide bonds. The number of likely N-dealkylation sites (tertiary alicyclic amines) is 1. The highest BCUT2D eigenvalue weighted by Crippen LogP contribution is 2.36. The SMILES string of the molecule is CC(O)C1CCN(C(=O)c2sc3cc(Cl)ccc3c2N)C1. The first-order valence-corrected chi connectivity index (χ1v) is 8.11. The predicted octanol–water partition coefficient (Wildman–Crippen LogP) is 2.98. The van der Waals surface area contributed by atoms with Gasteiger partial charge in [0.25, 0.3) is 5.91 Å². The van der Waals surface area contributed by atoms with Crippen molar-refractivity contribution in [3.63, 3.8) is 0 Å². The Kier molecular flexibility index (Phi) is 3.82. The molecule has 0 bridgehead atoms. The molecule has 21 heavy (non-hydrogen) atoms. The summed E-state index contributed by atoms with van der Waals surface area (Å²) >= 11 is 7.36. The van der Waals surface area contributed by atoms with Crippen molar-refractivity contribution in [2.75, 3.05) is 18.8 Å². The van der Waals surface area contributed by atoms with Crippen molar-refractivity contribution in [1.82, 2.24) is 4.90 Å². The Labute approximate surface area is 132 Å². The van der Waals surface area contributed by atoms with Crippen LogP contribution in [0.4, 0.5) is 5.69 Å². The van der Waals surface area contributed by atoms with E-state index < -0.39 is 0 Å². The standard InChI is InChI=1S/C15H17ClN2O2S/c1-8(19)9-4-5-18(7-9)15(20)14-13(17)11-3-2-10(16)6-12(11)21-14/h2-3,6,8-9,19H,4-5,7,17H2,1H3. The van der Waals surface area contributed by atoms with E-state index in [1.165, 1.54) is 11.3 Å². The zero-order valence-corrected chi connectivity index (χ0v) is 13.2. The molecule has 1 fully saturated rings. The van der Waals surface area contributed by atoms with E-state index in [1.54, 1.807) is 17.9 Å². The fourth-order valence-corrected chi connectivity index (χ4v) is 4.13. The van der Waals surface area contributed by atoms with Crippen molar-refractivity contribution >= 4 is 44.6 Å². The maximum atomic E-state index is 12.6. The van der Waals surface area contributed by atoms with Gasteiger partial charge in [-0.15, -0.1) is 11.3 Å². The number of anilines is 1. The molecule has 1 aromatic heterocycles. The highest BCUT2D eigenvalue weighted by molar-refractivity contribution is 7.21. The zero-order chi connectivity index (χ0) is 15.1. The molecule has 1 aliphatic rings. The number of amides is 1. The van der Waals surface area contributed by atoms with E-state index in [0.29, 0.717) is 28.7 Å². The number of aliphatic hydroxyl groups is 1. The number of aliphatic hydroxyl groups excluding tert-OH is 1. The summed E-state index contributed by atoms with van der Waals surface area (Å²) in [6, 6.07) is 5.46. The predicted molar refractivity (Wildman–Crippen MR) is 86.9 cm³/mol. The lowest BCUT2D eigenvalue weighted by molar-refractivity contribution is 0.0768. The minimum atomic E-state index is -0.388. The van der Waals surface area contributed by atoms with E-state index in [0.717, 1.165) is 16.5 Å². The van der Waals surface area contributed by atoms with Gasteiger partial charge in [-0.05, 0) is 31.5 Å². The van der Waals surface area contributed by atoms with Crippen LogP contribution in [0, 0.1) is 5.92 Å². The smallest absolute Gasteiger partial charge is 0.266 e. The first-order valence-electron chi connectivity index (χ1n) is 6.92. The molecule has 3 rings (SSSR count). The molecule has 2 heterocycles. The Morgan fingerprint density at radius 2 is 2.33 bits per heavy atom. The van der Waals surface area contributed by atoms with Gasteiger partial charge >= 0.3 is 0 Å². The summed E-state index contributed by atoms with van der Waals surface area (Å²) in [7, 11) is 0. The van der Waals surface area contributed by atoms with E-state index in [-0.39, 0.29) is 17.9 Å². The molecule has 1 saturated heterocycles. The molecule has 2 unspecified atom stereocenters. The van der Waals surface area contributed by atoms with Gasteiger partial charge in [-0.2, -0.15) is 0 Å². The minimum Gasteiger partial charge on any atom is -0.397 e. The van der Waals surface area contributed by atoms with Crippen LogP contribution in [-0.4, -0.2) is 35.1 Å². The van der Waals surface area contributed by atoms with Gasteiger partial charge in [0, 0.05) is 34.1 Å². The Balaban J connectivity index is 1.90. The van der Waals surface area contributed by atoms with Crippen LogP contribution in [0.15, 0.2) is 18.2 Å². The lowest BCUT2D eigenvalue weighted by atomic mass is 10.0. The molecule has 1 aliphatic heterocycles. The summed E-state index contributed by atoms with van der Waals surface area (Å²) in [5.41, 5.74) is 6.65. The second-order valence-corrected chi connectivity index (χ2v) is 7.01. The second kappa shape index (κ2) is 5.48. The molecule has 3 N–H and O–H groups in total. The summed E-state index contributed by atoms with van der Waals surface area (Å²) in [5.74, 6) is 0.104. The Bertz CT molecular complexity index is 698. The van der Waals surface area contributed by atoms with Gasteiger partial charge in [0.1, 0.15) is 4.88 Å². The highest BCUT2D eigenvalue weighted by atomic mass is 35.5. The Hall–Kier alpha value is -1.30. The molecular formula is C15H17ClN2O2S. The maximum absolute atomic E-state index is 12.6. The van der Waals surface area contributed by atoms with Crippen molar-refractivity contribution in [3.05, 3.63) is 28.1 Å². The number of halogens is 1. The van der Waals surface area contributed by atoms with Crippen LogP contribution in [0.3, 0.4) is 0 Å². The van der Waals surface area contributed by atoms with Gasteiger partial charge in [0.2, 0.25) is 0 Å². The number of nitrogen functional groups attached to an aromatic ring is 1. The topological polar surface area (TPSA) is 66.6 Å². The number of hydrogen-bond acceptors (Lipinski definition) is 4. The summed E-state index contributed by atoms with van der Waals surface area (Å²) in [4.78, 5) is 15.0. The van der Waals surface area contributed by atoms with Gasteiger partial charge in [0.15, 0.2) is 0 Å². The van der Waals surface area contributed by atoms with Crippen LogP contribution >= 0.6 is 22.9 Å². The number of benzene rings is 1. The van der Waals surface area contributed by atoms with Crippen molar-refractivity contribution < 1.29 is 9.90 Å². The molecule has 1 aromatic carbocycles. The third kappa shape index (κ3) is 2.61. The largest absolute Gasteiger partial charge is 0.397 e. The quantitative estimate of drug-likeness (QED) is 0.892. The zero-order valence-electron chi connectivity index (χ0n) is 11.7. The average Bonchev–Trinajstić information content (AvgIpc) is 3.03. The first-order chi connectivity index (χ1) is 9.97. The van der Waals surface area contributed by atoms with Crippen molar-refractivity contribution in [1.29, 1.82) is 0 Å². The number of carbonyl (C=O) groups excluding carboxylic acids is 1. The van der Waals surface area contributed by atoms with Crippen LogP contribution < -0.4 is 5.73 Å². The minimum absolute atomic E-state index is 0.0482. The average molecular weight is 325 g/mol. The fourth-order valence-electron chi connectivity index (χ4n) is 2.76. The fraction of sp³-hybridized carbons (Fsp3) is 0.400. The molecule has 2 atom stereocenters. The van der Waals surface area contributed by atoms with Gasteiger partial charge < -0.3 is 15.7 Å². The van der Waals surface area contributed by atoms with Crippen LogP contribution in [0.25, 0.3) is 10.1 Å². The maximum Gasteiger partial charge on any atom is 0.266 e. The van der Waals surface area contributed by atoms with Crippen LogP contribution in [-0.2, 0) is 0 Å². The number of carbonyl (C=O) groups is 1. The van der Waals surface area contributed by atoms with Crippen molar-refractivity contribution in [2.45, 2.75) is 19.4 Å². The lowest BCUT2D eigenvalue weighted by Gasteiger charge is -2.17. The molecule has 0 aliphatic carbocycles. The van der Waals surface area contributed by atoms with Gasteiger partial charge in [-0.25, -0.2) is 0 Å². The Morgan fingerprint density at radius 3 is 3.00 bits per heavy atom. The third-order valence-electron chi connectivity index (χ3n) is 4.08. The van der Waals surface area contributed by atoms with Crippen LogP contribution in [0.1, 0.15) is 23.0 Å². The first kappa shape index (κ1) is 14.6. The van der Waals surface area contributed by atoms with Gasteiger partial charge in [-0.3, -0.25) is 4.79 Å². The van der Waals surface area contributed by atoms with Gasteiger partial charge in [0.05, 0.1) is 11.8 Å². The molecule has 2 aromatic rings.